The van der Waals surface area contributed by atoms with Gasteiger partial charge in [-0.25, -0.2) is 14.4 Å². The predicted octanol–water partition coefficient (Wildman–Crippen LogP) is 3.24. The lowest BCUT2D eigenvalue weighted by Gasteiger charge is -2.24. The Morgan fingerprint density at radius 3 is 2.56 bits per heavy atom. The molecule has 3 N–H and O–H groups in total. The topological polar surface area (TPSA) is 76.7 Å². The number of nitrogens with two attached hydrogens (primary N) is 1. The third-order valence-electron chi connectivity index (χ3n) is 4.36. The minimum atomic E-state index is -0.269. The van der Waals surface area contributed by atoms with Crippen molar-refractivity contribution in [3.05, 3.63) is 65.9 Å². The average Bonchev–Trinajstić information content (AvgIpc) is 2.64. The first kappa shape index (κ1) is 15.7. The summed E-state index contributed by atoms with van der Waals surface area (Å²) < 4.78 is 13.2. The predicted molar refractivity (Wildman–Crippen MR) is 94.9 cm³/mol. The van der Waals surface area contributed by atoms with Crippen LogP contribution in [0.4, 0.5) is 15.9 Å². The Kier molecular flexibility index (Phi) is 4.11. The van der Waals surface area contributed by atoms with Crippen molar-refractivity contribution in [1.29, 1.82) is 0 Å². The number of pyridine rings is 1. The fourth-order valence-corrected chi connectivity index (χ4v) is 3.04. The fourth-order valence-electron chi connectivity index (χ4n) is 3.04. The van der Waals surface area contributed by atoms with Crippen LogP contribution in [0.1, 0.15) is 17.7 Å². The van der Waals surface area contributed by atoms with E-state index in [0.29, 0.717) is 5.82 Å². The minimum Gasteiger partial charge on any atom is -0.340 e. The number of halogens is 1. The van der Waals surface area contributed by atoms with Crippen LogP contribution in [0.3, 0.4) is 0 Å². The summed E-state index contributed by atoms with van der Waals surface area (Å²) in [6.07, 6.45) is 5.92. The van der Waals surface area contributed by atoms with Crippen LogP contribution in [0.2, 0.25) is 0 Å². The summed E-state index contributed by atoms with van der Waals surface area (Å²) in [6.45, 7) is 0. The van der Waals surface area contributed by atoms with E-state index in [4.69, 9.17) is 15.7 Å². The third kappa shape index (κ3) is 3.34. The molecular formula is C19H18FN5. The van der Waals surface area contributed by atoms with Gasteiger partial charge >= 0.3 is 0 Å². The number of hydrogen-bond acceptors (Lipinski definition) is 5. The first-order valence-corrected chi connectivity index (χ1v) is 8.27. The number of fused-ring (bicyclic) bond motifs is 1. The number of benzene rings is 1. The van der Waals surface area contributed by atoms with Crippen molar-refractivity contribution in [1.82, 2.24) is 15.0 Å². The number of nitrogens with zero attached hydrogens (tertiary/aromatic N) is 3. The van der Waals surface area contributed by atoms with Crippen molar-refractivity contribution in [2.45, 2.75) is 25.3 Å². The van der Waals surface area contributed by atoms with E-state index in [9.17, 15) is 4.39 Å². The molecule has 126 valence electrons. The van der Waals surface area contributed by atoms with Crippen LogP contribution in [0.15, 0.2) is 48.8 Å². The summed E-state index contributed by atoms with van der Waals surface area (Å²) in [5.74, 6) is 1.12. The molecule has 0 bridgehead atoms. The molecule has 0 fully saturated rings. The van der Waals surface area contributed by atoms with E-state index in [1.165, 1.54) is 12.1 Å². The molecule has 1 atom stereocenters. The number of aryl methyl sites for hydroxylation is 1. The lowest BCUT2D eigenvalue weighted by atomic mass is 9.92. The summed E-state index contributed by atoms with van der Waals surface area (Å²) in [5, 5.41) is 3.30. The smallest absolute Gasteiger partial charge is 0.161 e. The Morgan fingerprint density at radius 1 is 1.04 bits per heavy atom. The Balaban J connectivity index is 1.78. The van der Waals surface area contributed by atoms with E-state index in [-0.39, 0.29) is 11.9 Å². The molecule has 0 saturated carbocycles. The van der Waals surface area contributed by atoms with Crippen LogP contribution in [0.5, 0.6) is 0 Å². The molecule has 6 heteroatoms. The van der Waals surface area contributed by atoms with Gasteiger partial charge in [-0.2, -0.15) is 0 Å². The highest BCUT2D eigenvalue weighted by molar-refractivity contribution is 5.65. The molecular weight excluding hydrogens is 317 g/mol. The van der Waals surface area contributed by atoms with Gasteiger partial charge in [-0.1, -0.05) is 0 Å². The number of aromatic nitrogens is 3. The molecule has 1 unspecified atom stereocenters. The highest BCUT2D eigenvalue weighted by Gasteiger charge is 2.22. The third-order valence-corrected chi connectivity index (χ3v) is 4.36. The van der Waals surface area contributed by atoms with E-state index in [2.05, 4.69) is 10.3 Å². The molecule has 0 spiro atoms. The number of nitrogens with one attached hydrogen (secondary N) is 1. The summed E-state index contributed by atoms with van der Waals surface area (Å²) in [7, 11) is 0. The second kappa shape index (κ2) is 6.57. The van der Waals surface area contributed by atoms with Gasteiger partial charge in [0.05, 0.1) is 0 Å². The van der Waals surface area contributed by atoms with Gasteiger partial charge in [-0.3, -0.25) is 4.98 Å². The quantitative estimate of drug-likeness (QED) is 0.768. The Labute approximate surface area is 145 Å². The number of hydrogen-bond donors (Lipinski definition) is 2. The van der Waals surface area contributed by atoms with Crippen LogP contribution < -0.4 is 11.1 Å². The van der Waals surface area contributed by atoms with Gasteiger partial charge in [0.2, 0.25) is 0 Å². The van der Waals surface area contributed by atoms with Gasteiger partial charge in [0.25, 0.3) is 0 Å². The molecule has 2 heterocycles. The minimum absolute atomic E-state index is 0.108. The SMILES string of the molecule is NC1CCc2nc(-c3ccncc3)nc(Nc3ccc(F)cc3)c2C1. The zero-order valence-corrected chi connectivity index (χ0v) is 13.6. The second-order valence-corrected chi connectivity index (χ2v) is 6.19. The van der Waals surface area contributed by atoms with E-state index in [1.54, 1.807) is 24.5 Å². The van der Waals surface area contributed by atoms with E-state index in [1.807, 2.05) is 12.1 Å². The lowest BCUT2D eigenvalue weighted by molar-refractivity contribution is 0.566. The van der Waals surface area contributed by atoms with Crippen LogP contribution >= 0.6 is 0 Å². The normalized spacial score (nSPS) is 16.3. The Morgan fingerprint density at radius 2 is 1.80 bits per heavy atom. The van der Waals surface area contributed by atoms with Gasteiger partial charge in [-0.05, 0) is 55.7 Å². The van der Waals surface area contributed by atoms with Crippen LogP contribution in [-0.2, 0) is 12.8 Å². The van der Waals surface area contributed by atoms with Crippen molar-refractivity contribution in [3.8, 4) is 11.4 Å². The highest BCUT2D eigenvalue weighted by Crippen LogP contribution is 2.30. The lowest BCUT2D eigenvalue weighted by Crippen LogP contribution is -2.29. The molecule has 25 heavy (non-hydrogen) atoms. The molecule has 5 nitrogen and oxygen atoms in total. The summed E-state index contributed by atoms with van der Waals surface area (Å²) in [4.78, 5) is 13.5. The van der Waals surface area contributed by atoms with Crippen molar-refractivity contribution >= 4 is 11.5 Å². The zero-order chi connectivity index (χ0) is 17.2. The molecule has 0 aliphatic heterocycles. The van der Waals surface area contributed by atoms with E-state index in [0.717, 1.165) is 47.6 Å². The molecule has 0 amide bonds. The molecule has 0 radical (unpaired) electrons. The van der Waals surface area contributed by atoms with Gasteiger partial charge in [0.15, 0.2) is 5.82 Å². The Bertz CT molecular complexity index is 880. The van der Waals surface area contributed by atoms with Crippen molar-refractivity contribution in [2.75, 3.05) is 5.32 Å². The number of rotatable bonds is 3. The molecule has 1 aliphatic rings. The molecule has 0 saturated heterocycles. The molecule has 1 aromatic carbocycles. The van der Waals surface area contributed by atoms with Gasteiger partial charge in [-0.15, -0.1) is 0 Å². The summed E-state index contributed by atoms with van der Waals surface area (Å²) in [6, 6.07) is 10.1. The summed E-state index contributed by atoms with van der Waals surface area (Å²) >= 11 is 0. The number of anilines is 2. The fraction of sp³-hybridized carbons (Fsp3) is 0.211. The van der Waals surface area contributed by atoms with Crippen molar-refractivity contribution in [2.24, 2.45) is 5.73 Å². The molecule has 2 aromatic heterocycles. The molecule has 3 aromatic rings. The second-order valence-electron chi connectivity index (χ2n) is 6.19. The van der Waals surface area contributed by atoms with E-state index < -0.39 is 0 Å². The largest absolute Gasteiger partial charge is 0.340 e. The van der Waals surface area contributed by atoms with Crippen LogP contribution in [-0.4, -0.2) is 21.0 Å². The molecule has 1 aliphatic carbocycles. The zero-order valence-electron chi connectivity index (χ0n) is 13.6. The summed E-state index contributed by atoms with van der Waals surface area (Å²) in [5.41, 5.74) is 9.90. The molecule has 4 rings (SSSR count). The van der Waals surface area contributed by atoms with Crippen LogP contribution in [0.25, 0.3) is 11.4 Å². The standard InChI is InChI=1S/C19H18FN5/c20-13-1-4-15(5-2-13)23-19-16-11-14(21)3-6-17(16)24-18(25-19)12-7-9-22-10-8-12/h1-2,4-5,7-10,14H,3,6,11,21H2,(H,23,24,25). The maximum atomic E-state index is 13.2. The first-order chi connectivity index (χ1) is 12.2. The van der Waals surface area contributed by atoms with Crippen LogP contribution in [0, 0.1) is 5.82 Å². The van der Waals surface area contributed by atoms with Gasteiger partial charge in [0, 0.05) is 40.9 Å². The van der Waals surface area contributed by atoms with Gasteiger partial charge < -0.3 is 11.1 Å². The van der Waals surface area contributed by atoms with Crippen molar-refractivity contribution < 1.29 is 4.39 Å². The Hall–Kier alpha value is -2.86. The highest BCUT2D eigenvalue weighted by atomic mass is 19.1. The first-order valence-electron chi connectivity index (χ1n) is 8.27. The van der Waals surface area contributed by atoms with E-state index >= 15 is 0 Å². The maximum Gasteiger partial charge on any atom is 0.161 e. The average molecular weight is 335 g/mol. The van der Waals surface area contributed by atoms with Gasteiger partial charge in [0.1, 0.15) is 11.6 Å². The monoisotopic (exact) mass is 335 g/mol. The van der Waals surface area contributed by atoms with Crippen molar-refractivity contribution in [3.63, 3.8) is 0 Å². The maximum absolute atomic E-state index is 13.2.